The number of aromatic nitrogens is 2. The number of ether oxygens (including phenoxy) is 1. The fourth-order valence-electron chi connectivity index (χ4n) is 2.95. The van der Waals surface area contributed by atoms with Crippen LogP contribution < -0.4 is 5.32 Å². The Morgan fingerprint density at radius 2 is 1.75 bits per heavy atom. The molecule has 2 heterocycles. The molecule has 0 spiro atoms. The monoisotopic (exact) mass is 326 g/mol. The molecule has 24 heavy (non-hydrogen) atoms. The summed E-state index contributed by atoms with van der Waals surface area (Å²) in [6.07, 6.45) is 0. The molecule has 0 atom stereocenters. The van der Waals surface area contributed by atoms with Crippen LogP contribution in [0, 0.1) is 20.8 Å². The molecule has 6 nitrogen and oxygen atoms in total. The Kier molecular flexibility index (Phi) is 4.76. The van der Waals surface area contributed by atoms with E-state index in [-0.39, 0.29) is 5.91 Å². The molecular formula is C18H22N4O2. The number of hydrogen-bond acceptors (Lipinski definition) is 5. The summed E-state index contributed by atoms with van der Waals surface area (Å²) in [7, 11) is 0. The van der Waals surface area contributed by atoms with E-state index in [0.29, 0.717) is 37.8 Å². The van der Waals surface area contributed by atoms with Crippen molar-refractivity contribution in [1.82, 2.24) is 15.1 Å². The first kappa shape index (κ1) is 16.4. The van der Waals surface area contributed by atoms with E-state index in [1.165, 1.54) is 5.56 Å². The topological polar surface area (TPSA) is 67.4 Å². The van der Waals surface area contributed by atoms with Crippen LogP contribution in [-0.4, -0.2) is 47.3 Å². The summed E-state index contributed by atoms with van der Waals surface area (Å²) in [6.45, 7) is 8.55. The second kappa shape index (κ2) is 6.97. The van der Waals surface area contributed by atoms with Crippen molar-refractivity contribution < 1.29 is 9.53 Å². The minimum absolute atomic E-state index is 0.0972. The van der Waals surface area contributed by atoms with Crippen molar-refractivity contribution in [2.45, 2.75) is 20.8 Å². The number of anilines is 2. The number of benzene rings is 1. The third-order valence-corrected chi connectivity index (χ3v) is 4.11. The van der Waals surface area contributed by atoms with Gasteiger partial charge in [0.05, 0.1) is 13.2 Å². The van der Waals surface area contributed by atoms with E-state index in [9.17, 15) is 4.79 Å². The van der Waals surface area contributed by atoms with Crippen LogP contribution in [0.1, 0.15) is 27.2 Å². The van der Waals surface area contributed by atoms with Crippen LogP contribution in [0.4, 0.5) is 11.5 Å². The Bertz CT molecular complexity index is 714. The molecule has 1 N–H and O–H groups in total. The van der Waals surface area contributed by atoms with Gasteiger partial charge >= 0.3 is 0 Å². The molecule has 2 aromatic rings. The van der Waals surface area contributed by atoms with Crippen LogP contribution in [0.5, 0.6) is 0 Å². The molecule has 3 rings (SSSR count). The highest BCUT2D eigenvalue weighted by atomic mass is 16.5. The first-order chi connectivity index (χ1) is 11.5. The molecule has 1 amide bonds. The zero-order valence-electron chi connectivity index (χ0n) is 14.3. The Hall–Kier alpha value is -2.47. The predicted molar refractivity (Wildman–Crippen MR) is 92.7 cm³/mol. The molecule has 0 unspecified atom stereocenters. The van der Waals surface area contributed by atoms with Gasteiger partial charge in [0.2, 0.25) is 0 Å². The number of nitrogens with one attached hydrogen (secondary N) is 1. The maximum absolute atomic E-state index is 12.4. The molecule has 6 heteroatoms. The van der Waals surface area contributed by atoms with Gasteiger partial charge in [-0.25, -0.2) is 0 Å². The molecule has 0 radical (unpaired) electrons. The highest BCUT2D eigenvalue weighted by Gasteiger charge is 2.20. The van der Waals surface area contributed by atoms with Crippen LogP contribution in [-0.2, 0) is 4.74 Å². The van der Waals surface area contributed by atoms with E-state index in [1.54, 1.807) is 17.0 Å². The molecular weight excluding hydrogens is 304 g/mol. The molecule has 1 fully saturated rings. The zero-order valence-corrected chi connectivity index (χ0v) is 14.3. The van der Waals surface area contributed by atoms with Crippen molar-refractivity contribution in [2.75, 3.05) is 31.6 Å². The quantitative estimate of drug-likeness (QED) is 0.939. The van der Waals surface area contributed by atoms with Gasteiger partial charge in [-0.05, 0) is 44.0 Å². The minimum atomic E-state index is -0.0972. The zero-order chi connectivity index (χ0) is 17.1. The number of amides is 1. The van der Waals surface area contributed by atoms with Gasteiger partial charge in [-0.3, -0.25) is 4.79 Å². The fraction of sp³-hybridized carbons (Fsp3) is 0.389. The second-order valence-electron chi connectivity index (χ2n) is 6.11. The van der Waals surface area contributed by atoms with Crippen molar-refractivity contribution in [3.63, 3.8) is 0 Å². The Morgan fingerprint density at radius 3 is 2.33 bits per heavy atom. The third kappa shape index (κ3) is 3.54. The highest BCUT2D eigenvalue weighted by Crippen LogP contribution is 2.24. The molecule has 1 saturated heterocycles. The lowest BCUT2D eigenvalue weighted by Gasteiger charge is -2.26. The largest absolute Gasteiger partial charge is 0.378 e. The average Bonchev–Trinajstić information content (AvgIpc) is 2.59. The van der Waals surface area contributed by atoms with E-state index in [0.717, 1.165) is 16.8 Å². The second-order valence-corrected chi connectivity index (χ2v) is 6.11. The van der Waals surface area contributed by atoms with Gasteiger partial charge in [0.1, 0.15) is 0 Å². The van der Waals surface area contributed by atoms with Crippen molar-refractivity contribution in [1.29, 1.82) is 0 Å². The Morgan fingerprint density at radius 1 is 1.08 bits per heavy atom. The van der Waals surface area contributed by atoms with E-state index in [2.05, 4.69) is 48.4 Å². The van der Waals surface area contributed by atoms with Crippen LogP contribution in [0.2, 0.25) is 0 Å². The number of carbonyl (C=O) groups is 1. The number of rotatable bonds is 3. The molecule has 0 bridgehead atoms. The van der Waals surface area contributed by atoms with Gasteiger partial charge < -0.3 is 15.0 Å². The summed E-state index contributed by atoms with van der Waals surface area (Å²) in [4.78, 5) is 14.1. The minimum Gasteiger partial charge on any atom is -0.378 e. The number of hydrogen-bond donors (Lipinski definition) is 1. The number of aryl methyl sites for hydroxylation is 3. The fourth-order valence-corrected chi connectivity index (χ4v) is 2.95. The number of carbonyl (C=O) groups excluding carboxylic acids is 1. The average molecular weight is 326 g/mol. The summed E-state index contributed by atoms with van der Waals surface area (Å²) >= 11 is 0. The van der Waals surface area contributed by atoms with Crippen LogP contribution >= 0.6 is 0 Å². The maximum Gasteiger partial charge on any atom is 0.274 e. The summed E-state index contributed by atoms with van der Waals surface area (Å²) < 4.78 is 5.26. The van der Waals surface area contributed by atoms with Gasteiger partial charge in [-0.1, -0.05) is 17.7 Å². The maximum atomic E-state index is 12.4. The number of morpholine rings is 1. The molecule has 1 aliphatic rings. The lowest BCUT2D eigenvalue weighted by Crippen LogP contribution is -2.41. The molecule has 1 aromatic heterocycles. The van der Waals surface area contributed by atoms with Gasteiger partial charge in [0, 0.05) is 18.8 Å². The summed E-state index contributed by atoms with van der Waals surface area (Å²) in [5, 5.41) is 11.5. The summed E-state index contributed by atoms with van der Waals surface area (Å²) in [6, 6.07) is 7.75. The van der Waals surface area contributed by atoms with Gasteiger partial charge in [0.15, 0.2) is 11.5 Å². The lowest BCUT2D eigenvalue weighted by molar-refractivity contribution is 0.0298. The normalized spacial score (nSPS) is 14.5. The van der Waals surface area contributed by atoms with Gasteiger partial charge in [-0.15, -0.1) is 10.2 Å². The van der Waals surface area contributed by atoms with Crippen LogP contribution in [0.15, 0.2) is 24.3 Å². The van der Waals surface area contributed by atoms with Crippen molar-refractivity contribution in [2.24, 2.45) is 0 Å². The van der Waals surface area contributed by atoms with Crippen LogP contribution in [0.25, 0.3) is 0 Å². The highest BCUT2D eigenvalue weighted by molar-refractivity contribution is 5.92. The smallest absolute Gasteiger partial charge is 0.274 e. The molecule has 126 valence electrons. The van der Waals surface area contributed by atoms with Gasteiger partial charge in [-0.2, -0.15) is 0 Å². The molecule has 0 aliphatic carbocycles. The number of nitrogens with zero attached hydrogens (tertiary/aromatic N) is 3. The van der Waals surface area contributed by atoms with Crippen LogP contribution in [0.3, 0.4) is 0 Å². The van der Waals surface area contributed by atoms with E-state index < -0.39 is 0 Å². The first-order valence-electron chi connectivity index (χ1n) is 8.10. The summed E-state index contributed by atoms with van der Waals surface area (Å²) in [5.74, 6) is 0.531. The molecule has 1 aliphatic heterocycles. The Labute approximate surface area is 141 Å². The van der Waals surface area contributed by atoms with Crippen molar-refractivity contribution >= 4 is 17.4 Å². The predicted octanol–water partition coefficient (Wildman–Crippen LogP) is 2.62. The summed E-state index contributed by atoms with van der Waals surface area (Å²) in [5.41, 5.74) is 4.93. The van der Waals surface area contributed by atoms with Crippen molar-refractivity contribution in [3.8, 4) is 0 Å². The Balaban J connectivity index is 1.74. The molecule has 0 saturated carbocycles. The van der Waals surface area contributed by atoms with Crippen molar-refractivity contribution in [3.05, 3.63) is 46.6 Å². The SMILES string of the molecule is Cc1cc(C)c(Nc2ccc(C(=O)N3CCOCC3)nn2)c(C)c1. The standard InChI is InChI=1S/C18H22N4O2/c1-12-10-13(2)17(14(3)11-12)19-16-5-4-15(20-21-16)18(23)22-6-8-24-9-7-22/h4-5,10-11H,6-9H2,1-3H3,(H,19,21). The van der Waals surface area contributed by atoms with Gasteiger partial charge in [0.25, 0.3) is 5.91 Å². The first-order valence-corrected chi connectivity index (χ1v) is 8.10. The van der Waals surface area contributed by atoms with E-state index in [4.69, 9.17) is 4.74 Å². The third-order valence-electron chi connectivity index (χ3n) is 4.11. The van der Waals surface area contributed by atoms with E-state index in [1.807, 2.05) is 0 Å². The lowest BCUT2D eigenvalue weighted by atomic mass is 10.1. The van der Waals surface area contributed by atoms with E-state index >= 15 is 0 Å². The molecule has 1 aromatic carbocycles.